The molecule has 0 saturated heterocycles. The van der Waals surface area contributed by atoms with Crippen molar-refractivity contribution < 1.29 is 18.0 Å². The molecule has 2 aromatic heterocycles. The molecule has 8 heteroatoms. The molecule has 1 amide bonds. The highest BCUT2D eigenvalue weighted by atomic mass is 32.1. The number of nitrogens with zero attached hydrogens (tertiary/aromatic N) is 1. The van der Waals surface area contributed by atoms with Gasteiger partial charge >= 0.3 is 6.18 Å². The monoisotopic (exact) mass is 341 g/mol. The highest BCUT2D eigenvalue weighted by Crippen LogP contribution is 2.46. The van der Waals surface area contributed by atoms with Crippen LogP contribution >= 0.6 is 11.3 Å². The van der Waals surface area contributed by atoms with Crippen molar-refractivity contribution >= 4 is 33.1 Å². The number of alkyl halides is 3. The zero-order chi connectivity index (χ0) is 16.4. The SMILES string of the molecule is Nc1c(C(=O)NC2CC2)sc2nc(C3CC3)cc(C(F)(F)F)c12. The summed E-state index contributed by atoms with van der Waals surface area (Å²) in [4.78, 5) is 16.8. The van der Waals surface area contributed by atoms with Crippen molar-refractivity contribution in [3.05, 3.63) is 22.2 Å². The van der Waals surface area contributed by atoms with Crippen LogP contribution < -0.4 is 11.1 Å². The molecule has 2 fully saturated rings. The fourth-order valence-electron chi connectivity index (χ4n) is 2.60. The molecule has 0 aliphatic heterocycles. The van der Waals surface area contributed by atoms with Crippen LogP contribution in [0.25, 0.3) is 10.2 Å². The molecule has 4 rings (SSSR count). The van der Waals surface area contributed by atoms with E-state index in [1.807, 2.05) is 0 Å². The minimum Gasteiger partial charge on any atom is -0.397 e. The van der Waals surface area contributed by atoms with Crippen LogP contribution in [0.15, 0.2) is 6.07 Å². The van der Waals surface area contributed by atoms with Gasteiger partial charge in [0, 0.05) is 23.0 Å². The van der Waals surface area contributed by atoms with Crippen LogP contribution in [0, 0.1) is 0 Å². The number of pyridine rings is 1. The molecule has 2 aliphatic rings. The lowest BCUT2D eigenvalue weighted by Gasteiger charge is -2.10. The first-order valence-corrected chi connectivity index (χ1v) is 8.27. The molecule has 0 atom stereocenters. The zero-order valence-electron chi connectivity index (χ0n) is 12.0. The van der Waals surface area contributed by atoms with E-state index in [4.69, 9.17) is 5.73 Å². The maximum absolute atomic E-state index is 13.4. The van der Waals surface area contributed by atoms with Crippen molar-refractivity contribution in [2.45, 2.75) is 43.8 Å². The lowest BCUT2D eigenvalue weighted by Crippen LogP contribution is -2.25. The summed E-state index contributed by atoms with van der Waals surface area (Å²) in [5.41, 5.74) is 5.42. The third-order valence-electron chi connectivity index (χ3n) is 4.14. The van der Waals surface area contributed by atoms with Crippen LogP contribution in [0.1, 0.15) is 52.5 Å². The Morgan fingerprint density at radius 2 is 2.00 bits per heavy atom. The van der Waals surface area contributed by atoms with Crippen molar-refractivity contribution in [3.8, 4) is 0 Å². The molecule has 2 heterocycles. The summed E-state index contributed by atoms with van der Waals surface area (Å²) in [6.45, 7) is 0. The van der Waals surface area contributed by atoms with Crippen LogP contribution in [0.5, 0.6) is 0 Å². The molecule has 3 N–H and O–H groups in total. The van der Waals surface area contributed by atoms with Gasteiger partial charge in [0.25, 0.3) is 5.91 Å². The average molecular weight is 341 g/mol. The molecular formula is C15H14F3N3OS. The molecule has 4 nitrogen and oxygen atoms in total. The molecule has 23 heavy (non-hydrogen) atoms. The molecular weight excluding hydrogens is 327 g/mol. The summed E-state index contributed by atoms with van der Waals surface area (Å²) in [6, 6.07) is 1.20. The van der Waals surface area contributed by atoms with Gasteiger partial charge in [-0.05, 0) is 31.7 Å². The summed E-state index contributed by atoms with van der Waals surface area (Å²) in [5.74, 6) is -0.318. The smallest absolute Gasteiger partial charge is 0.397 e. The number of amides is 1. The first-order valence-electron chi connectivity index (χ1n) is 7.45. The average Bonchev–Trinajstić information content (AvgIpc) is 3.36. The molecule has 0 unspecified atom stereocenters. The number of rotatable bonds is 3. The molecule has 0 radical (unpaired) electrons. The number of hydrogen-bond donors (Lipinski definition) is 2. The first-order chi connectivity index (χ1) is 10.8. The molecule has 2 saturated carbocycles. The van der Waals surface area contributed by atoms with Gasteiger partial charge in [-0.2, -0.15) is 13.2 Å². The Bertz CT molecular complexity index is 806. The number of nitrogen functional groups attached to an aromatic ring is 1. The van der Waals surface area contributed by atoms with E-state index >= 15 is 0 Å². The second-order valence-electron chi connectivity index (χ2n) is 6.14. The van der Waals surface area contributed by atoms with E-state index in [2.05, 4.69) is 10.3 Å². The summed E-state index contributed by atoms with van der Waals surface area (Å²) in [5, 5.41) is 2.62. The van der Waals surface area contributed by atoms with E-state index in [1.165, 1.54) is 0 Å². The predicted octanol–water partition coefficient (Wildman–Crippen LogP) is 3.67. The Hall–Kier alpha value is -1.83. The van der Waals surface area contributed by atoms with E-state index in [0.717, 1.165) is 43.1 Å². The fraction of sp³-hybridized carbons (Fsp3) is 0.467. The maximum atomic E-state index is 13.4. The van der Waals surface area contributed by atoms with E-state index in [0.29, 0.717) is 5.69 Å². The molecule has 0 bridgehead atoms. The highest BCUT2D eigenvalue weighted by molar-refractivity contribution is 7.21. The van der Waals surface area contributed by atoms with Gasteiger partial charge in [0.1, 0.15) is 9.71 Å². The van der Waals surface area contributed by atoms with Gasteiger partial charge in [0.2, 0.25) is 0 Å². The Balaban J connectivity index is 1.87. The van der Waals surface area contributed by atoms with Crippen molar-refractivity contribution in [2.24, 2.45) is 0 Å². The molecule has 0 spiro atoms. The summed E-state index contributed by atoms with van der Waals surface area (Å²) in [7, 11) is 0. The van der Waals surface area contributed by atoms with Crippen LogP contribution in [0.4, 0.5) is 18.9 Å². The molecule has 2 aromatic rings. The number of carbonyl (C=O) groups excluding carboxylic acids is 1. The Kier molecular flexibility index (Phi) is 3.10. The maximum Gasteiger partial charge on any atom is 0.417 e. The van der Waals surface area contributed by atoms with Gasteiger partial charge < -0.3 is 11.1 Å². The predicted molar refractivity (Wildman–Crippen MR) is 81.5 cm³/mol. The Morgan fingerprint density at radius 1 is 1.30 bits per heavy atom. The summed E-state index contributed by atoms with van der Waals surface area (Å²) >= 11 is 0.943. The highest BCUT2D eigenvalue weighted by Gasteiger charge is 2.38. The van der Waals surface area contributed by atoms with Crippen molar-refractivity contribution in [1.82, 2.24) is 10.3 Å². The normalized spacial score (nSPS) is 18.4. The number of thiophene rings is 1. The third-order valence-corrected chi connectivity index (χ3v) is 5.24. The second kappa shape index (κ2) is 4.83. The van der Waals surface area contributed by atoms with Crippen LogP contribution in [-0.4, -0.2) is 16.9 Å². The number of carbonyl (C=O) groups is 1. The van der Waals surface area contributed by atoms with Gasteiger partial charge in [-0.25, -0.2) is 4.98 Å². The minimum atomic E-state index is -4.52. The van der Waals surface area contributed by atoms with Crippen LogP contribution in [0.2, 0.25) is 0 Å². The minimum absolute atomic E-state index is 0.0903. The van der Waals surface area contributed by atoms with Gasteiger partial charge in [-0.3, -0.25) is 4.79 Å². The molecule has 2 aliphatic carbocycles. The summed E-state index contributed by atoms with van der Waals surface area (Å²) in [6.07, 6.45) is -1.02. The summed E-state index contributed by atoms with van der Waals surface area (Å²) < 4.78 is 40.2. The quantitative estimate of drug-likeness (QED) is 0.895. The second-order valence-corrected chi connectivity index (χ2v) is 7.14. The number of hydrogen-bond acceptors (Lipinski definition) is 4. The standard InChI is InChI=1S/C15H14F3N3OS/c16-15(17,18)8-5-9(6-1-2-6)21-14-10(8)11(19)12(23-14)13(22)20-7-3-4-7/h5-7H,1-4,19H2,(H,20,22). The van der Waals surface area contributed by atoms with E-state index in [-0.39, 0.29) is 32.7 Å². The van der Waals surface area contributed by atoms with Crippen molar-refractivity contribution in [2.75, 3.05) is 5.73 Å². The number of halogens is 3. The number of fused-ring (bicyclic) bond motifs is 1. The first kappa shape index (κ1) is 14.7. The lowest BCUT2D eigenvalue weighted by molar-refractivity contribution is -0.136. The van der Waals surface area contributed by atoms with Crippen molar-refractivity contribution in [1.29, 1.82) is 0 Å². The van der Waals surface area contributed by atoms with Crippen LogP contribution in [-0.2, 0) is 6.18 Å². The fourth-order valence-corrected chi connectivity index (χ4v) is 3.63. The topological polar surface area (TPSA) is 68.0 Å². The van der Waals surface area contributed by atoms with Gasteiger partial charge in [-0.1, -0.05) is 0 Å². The zero-order valence-corrected chi connectivity index (χ0v) is 12.9. The number of aromatic nitrogens is 1. The van der Waals surface area contributed by atoms with Crippen LogP contribution in [0.3, 0.4) is 0 Å². The van der Waals surface area contributed by atoms with Gasteiger partial charge in [0.05, 0.1) is 11.3 Å². The van der Waals surface area contributed by atoms with Gasteiger partial charge in [-0.15, -0.1) is 11.3 Å². The number of nitrogens with two attached hydrogens (primary N) is 1. The van der Waals surface area contributed by atoms with E-state index in [1.54, 1.807) is 0 Å². The number of nitrogens with one attached hydrogen (secondary N) is 1. The van der Waals surface area contributed by atoms with E-state index in [9.17, 15) is 18.0 Å². The van der Waals surface area contributed by atoms with Gasteiger partial charge in [0.15, 0.2) is 0 Å². The lowest BCUT2D eigenvalue weighted by atomic mass is 10.1. The molecule has 122 valence electrons. The third kappa shape index (κ3) is 2.65. The Labute approximate surface area is 133 Å². The van der Waals surface area contributed by atoms with E-state index < -0.39 is 17.6 Å². The Morgan fingerprint density at radius 3 is 2.57 bits per heavy atom. The largest absolute Gasteiger partial charge is 0.417 e. The number of anilines is 1. The van der Waals surface area contributed by atoms with Crippen molar-refractivity contribution in [3.63, 3.8) is 0 Å². The molecule has 0 aromatic carbocycles.